The molecule has 0 atom stereocenters. The van der Waals surface area contributed by atoms with Gasteiger partial charge in [-0.25, -0.2) is 9.78 Å². The average molecular weight is 397 g/mol. The van der Waals surface area contributed by atoms with Gasteiger partial charge in [-0.1, -0.05) is 0 Å². The molecule has 1 amide bonds. The number of fused-ring (bicyclic) bond motifs is 1. The molecule has 10 nitrogen and oxygen atoms in total. The van der Waals surface area contributed by atoms with Crippen LogP contribution >= 0.6 is 0 Å². The maximum absolute atomic E-state index is 12.9. The summed E-state index contributed by atoms with van der Waals surface area (Å²) in [5, 5.41) is 9.36. The van der Waals surface area contributed by atoms with Crippen molar-refractivity contribution in [2.75, 3.05) is 36.0 Å². The van der Waals surface area contributed by atoms with Crippen LogP contribution in [0.15, 0.2) is 18.6 Å². The van der Waals surface area contributed by atoms with Crippen LogP contribution in [-0.2, 0) is 23.6 Å². The van der Waals surface area contributed by atoms with E-state index in [2.05, 4.69) is 15.2 Å². The van der Waals surface area contributed by atoms with Crippen molar-refractivity contribution in [3.05, 3.63) is 29.8 Å². The fraction of sp³-hybridized carbons (Fsp3) is 0.421. The first kappa shape index (κ1) is 18.9. The van der Waals surface area contributed by atoms with E-state index in [1.165, 1.54) is 6.20 Å². The highest BCUT2D eigenvalue weighted by Crippen LogP contribution is 2.33. The topological polar surface area (TPSA) is 98.4 Å². The van der Waals surface area contributed by atoms with Gasteiger partial charge in [0.1, 0.15) is 5.56 Å². The first-order valence-corrected chi connectivity index (χ1v) is 9.44. The number of piperazine rings is 1. The number of hydrogen-bond acceptors (Lipinski definition) is 7. The number of nitrogens with zero attached hydrogens (tertiary/aromatic N) is 7. The predicted molar refractivity (Wildman–Crippen MR) is 107 cm³/mol. The molecule has 10 heteroatoms. The van der Waals surface area contributed by atoms with Gasteiger partial charge < -0.3 is 14.5 Å². The molecule has 152 valence electrons. The molecule has 0 saturated carbocycles. The molecule has 4 heterocycles. The van der Waals surface area contributed by atoms with E-state index < -0.39 is 5.97 Å². The number of anilines is 2. The third-order valence-electron chi connectivity index (χ3n) is 5.03. The summed E-state index contributed by atoms with van der Waals surface area (Å²) >= 11 is 0. The predicted octanol–water partition coefficient (Wildman–Crippen LogP) is 1.04. The average Bonchev–Trinajstić information content (AvgIpc) is 3.24. The molecule has 4 rings (SSSR count). The number of carbonyl (C=O) groups excluding carboxylic acids is 2. The van der Waals surface area contributed by atoms with Crippen molar-refractivity contribution >= 4 is 34.3 Å². The quantitative estimate of drug-likeness (QED) is 0.607. The van der Waals surface area contributed by atoms with E-state index in [0.717, 1.165) is 16.8 Å². The molecule has 0 aromatic carbocycles. The van der Waals surface area contributed by atoms with E-state index in [-0.39, 0.29) is 19.1 Å². The van der Waals surface area contributed by atoms with Gasteiger partial charge in [0.05, 0.1) is 41.8 Å². The molecule has 1 fully saturated rings. The standard InChI is InChI=1S/C19H23N7O3/c1-5-29-19(28)14-9-20-18-16(12(2)22-24(18)4)17(14)25-6-7-26(15(27)11-25)13-8-21-23(3)10-13/h8-10H,5-7,11H2,1-4H3. The van der Waals surface area contributed by atoms with Crippen LogP contribution in [0.1, 0.15) is 23.0 Å². The van der Waals surface area contributed by atoms with Crippen molar-refractivity contribution in [2.45, 2.75) is 13.8 Å². The fourth-order valence-electron chi connectivity index (χ4n) is 3.76. The molecule has 1 aliphatic heterocycles. The highest BCUT2D eigenvalue weighted by atomic mass is 16.5. The third kappa shape index (κ3) is 3.20. The maximum Gasteiger partial charge on any atom is 0.341 e. The minimum Gasteiger partial charge on any atom is -0.462 e. The van der Waals surface area contributed by atoms with Gasteiger partial charge in [0, 0.05) is 39.6 Å². The molecule has 29 heavy (non-hydrogen) atoms. The van der Waals surface area contributed by atoms with Crippen LogP contribution in [-0.4, -0.2) is 62.7 Å². The summed E-state index contributed by atoms with van der Waals surface area (Å²) < 4.78 is 8.58. The zero-order valence-electron chi connectivity index (χ0n) is 16.9. The zero-order valence-corrected chi connectivity index (χ0v) is 16.9. The number of amides is 1. The number of aromatic nitrogens is 5. The number of rotatable bonds is 4. The summed E-state index contributed by atoms with van der Waals surface area (Å²) in [5.74, 6) is -0.521. The molecule has 3 aromatic rings. The van der Waals surface area contributed by atoms with Gasteiger partial charge >= 0.3 is 5.97 Å². The first-order chi connectivity index (χ1) is 13.9. The summed E-state index contributed by atoms with van der Waals surface area (Å²) in [5.41, 5.74) is 3.17. The number of aryl methyl sites for hydroxylation is 3. The van der Waals surface area contributed by atoms with E-state index in [1.54, 1.807) is 27.4 Å². The van der Waals surface area contributed by atoms with Crippen molar-refractivity contribution in [3.63, 3.8) is 0 Å². The number of pyridine rings is 1. The largest absolute Gasteiger partial charge is 0.462 e. The van der Waals surface area contributed by atoms with Crippen molar-refractivity contribution in [1.82, 2.24) is 24.5 Å². The Morgan fingerprint density at radius 2 is 2.03 bits per heavy atom. The second kappa shape index (κ2) is 7.19. The van der Waals surface area contributed by atoms with E-state index in [1.807, 2.05) is 32.1 Å². The van der Waals surface area contributed by atoms with Crippen molar-refractivity contribution in [3.8, 4) is 0 Å². The second-order valence-corrected chi connectivity index (χ2v) is 6.99. The zero-order chi connectivity index (χ0) is 20.7. The van der Waals surface area contributed by atoms with Crippen LogP contribution in [0.25, 0.3) is 11.0 Å². The van der Waals surface area contributed by atoms with Gasteiger partial charge in [0.25, 0.3) is 0 Å². The lowest BCUT2D eigenvalue weighted by Gasteiger charge is -2.35. The van der Waals surface area contributed by atoms with Crippen molar-refractivity contribution < 1.29 is 14.3 Å². The number of carbonyl (C=O) groups is 2. The number of hydrogen-bond donors (Lipinski definition) is 0. The molecule has 0 N–H and O–H groups in total. The first-order valence-electron chi connectivity index (χ1n) is 9.44. The summed E-state index contributed by atoms with van der Waals surface area (Å²) in [6, 6.07) is 0. The Labute approximate surface area is 167 Å². The van der Waals surface area contributed by atoms with Gasteiger partial charge in [-0.15, -0.1) is 0 Å². The molecular formula is C19H23N7O3. The lowest BCUT2D eigenvalue weighted by atomic mass is 10.1. The number of ether oxygens (including phenoxy) is 1. The van der Waals surface area contributed by atoms with Gasteiger partial charge in [-0.3, -0.25) is 14.2 Å². The Kier molecular flexibility index (Phi) is 4.69. The highest BCUT2D eigenvalue weighted by Gasteiger charge is 2.31. The molecule has 3 aromatic heterocycles. The fourth-order valence-corrected chi connectivity index (χ4v) is 3.76. The van der Waals surface area contributed by atoms with Crippen LogP contribution < -0.4 is 9.80 Å². The van der Waals surface area contributed by atoms with Gasteiger partial charge in [0.2, 0.25) is 5.91 Å². The normalized spacial score (nSPS) is 14.7. The Hall–Kier alpha value is -3.43. The van der Waals surface area contributed by atoms with Crippen LogP contribution in [0.2, 0.25) is 0 Å². The molecule has 0 radical (unpaired) electrons. The Balaban J connectivity index is 1.75. The van der Waals surface area contributed by atoms with Crippen LogP contribution in [0, 0.1) is 6.92 Å². The molecule has 1 aliphatic rings. The molecule has 0 spiro atoms. The van der Waals surface area contributed by atoms with Crippen LogP contribution in [0.5, 0.6) is 0 Å². The summed E-state index contributed by atoms with van der Waals surface area (Å²) in [6.45, 7) is 5.06. The minimum absolute atomic E-state index is 0.0643. The summed E-state index contributed by atoms with van der Waals surface area (Å²) in [6.07, 6.45) is 5.00. The van der Waals surface area contributed by atoms with Gasteiger partial charge in [-0.2, -0.15) is 10.2 Å². The number of esters is 1. The maximum atomic E-state index is 12.9. The third-order valence-corrected chi connectivity index (χ3v) is 5.03. The van der Waals surface area contributed by atoms with Crippen LogP contribution in [0.3, 0.4) is 0 Å². The smallest absolute Gasteiger partial charge is 0.341 e. The van der Waals surface area contributed by atoms with E-state index >= 15 is 0 Å². The van der Waals surface area contributed by atoms with Gasteiger partial charge in [0.15, 0.2) is 5.65 Å². The highest BCUT2D eigenvalue weighted by molar-refractivity contribution is 6.07. The molecular weight excluding hydrogens is 374 g/mol. The van der Waals surface area contributed by atoms with Crippen molar-refractivity contribution in [1.29, 1.82) is 0 Å². The molecule has 0 aliphatic carbocycles. The Morgan fingerprint density at radius 1 is 1.24 bits per heavy atom. The van der Waals surface area contributed by atoms with E-state index in [4.69, 9.17) is 4.74 Å². The van der Waals surface area contributed by atoms with Crippen molar-refractivity contribution in [2.24, 2.45) is 14.1 Å². The van der Waals surface area contributed by atoms with E-state index in [9.17, 15) is 9.59 Å². The summed E-state index contributed by atoms with van der Waals surface area (Å²) in [7, 11) is 3.62. The van der Waals surface area contributed by atoms with Crippen LogP contribution in [0.4, 0.5) is 11.4 Å². The minimum atomic E-state index is -0.456. The Bertz CT molecular complexity index is 1100. The van der Waals surface area contributed by atoms with Gasteiger partial charge in [-0.05, 0) is 13.8 Å². The molecule has 0 bridgehead atoms. The second-order valence-electron chi connectivity index (χ2n) is 6.99. The lowest BCUT2D eigenvalue weighted by molar-refractivity contribution is -0.117. The summed E-state index contributed by atoms with van der Waals surface area (Å²) in [4.78, 5) is 33.6. The molecule has 1 saturated heterocycles. The lowest BCUT2D eigenvalue weighted by Crippen LogP contribution is -2.51. The SMILES string of the molecule is CCOC(=O)c1cnc2c(c(C)nn2C)c1N1CCN(c2cnn(C)c2)C(=O)C1. The Morgan fingerprint density at radius 3 is 2.69 bits per heavy atom. The monoisotopic (exact) mass is 397 g/mol. The van der Waals surface area contributed by atoms with E-state index in [0.29, 0.717) is 30.0 Å². The molecule has 0 unspecified atom stereocenters.